The van der Waals surface area contributed by atoms with E-state index >= 15 is 0 Å². The number of hydrogen-bond acceptors (Lipinski definition) is 7. The third-order valence-corrected chi connectivity index (χ3v) is 6.76. The minimum Gasteiger partial charge on any atom is -0.475 e. The van der Waals surface area contributed by atoms with Gasteiger partial charge in [-0.15, -0.1) is 0 Å². The molecule has 2 fully saturated rings. The minimum absolute atomic E-state index is 0.0632. The van der Waals surface area contributed by atoms with Gasteiger partial charge in [-0.2, -0.15) is 9.37 Å². The van der Waals surface area contributed by atoms with E-state index in [-0.39, 0.29) is 23.8 Å². The summed E-state index contributed by atoms with van der Waals surface area (Å²) in [6.45, 7) is 5.94. The SMILES string of the molecule is CC(NC1CCC(COc2nc(Nc3ccc(N4CCOCC4)cc3)ncc2F)CC1)C(C)(F)F. The first-order valence-electron chi connectivity index (χ1n) is 12.3. The number of morpholine rings is 1. The molecule has 192 valence electrons. The Labute approximate surface area is 204 Å². The topological polar surface area (TPSA) is 71.5 Å². The fraction of sp³-hybridized carbons (Fsp3) is 0.600. The van der Waals surface area contributed by atoms with E-state index in [0.29, 0.717) is 6.61 Å². The third kappa shape index (κ3) is 7.20. The van der Waals surface area contributed by atoms with Crippen LogP contribution in [0.2, 0.25) is 0 Å². The molecule has 4 rings (SSSR count). The van der Waals surface area contributed by atoms with Gasteiger partial charge in [-0.1, -0.05) is 0 Å². The molecule has 7 nitrogen and oxygen atoms in total. The predicted molar refractivity (Wildman–Crippen MR) is 129 cm³/mol. The lowest BCUT2D eigenvalue weighted by Crippen LogP contribution is -2.47. The Morgan fingerprint density at radius 2 is 1.83 bits per heavy atom. The van der Waals surface area contributed by atoms with Crippen LogP contribution in [-0.2, 0) is 4.74 Å². The van der Waals surface area contributed by atoms with Crippen molar-refractivity contribution in [1.29, 1.82) is 0 Å². The van der Waals surface area contributed by atoms with Gasteiger partial charge in [0.1, 0.15) is 0 Å². The van der Waals surface area contributed by atoms with Crippen molar-refractivity contribution in [3.63, 3.8) is 0 Å². The first-order valence-corrected chi connectivity index (χ1v) is 12.3. The van der Waals surface area contributed by atoms with E-state index in [1.807, 2.05) is 24.3 Å². The number of rotatable bonds is 9. The van der Waals surface area contributed by atoms with E-state index in [1.54, 1.807) is 0 Å². The molecule has 0 bridgehead atoms. The zero-order chi connectivity index (χ0) is 24.8. The molecule has 10 heteroatoms. The highest BCUT2D eigenvalue weighted by atomic mass is 19.3. The summed E-state index contributed by atoms with van der Waals surface area (Å²) in [5.41, 5.74) is 1.91. The summed E-state index contributed by atoms with van der Waals surface area (Å²) < 4.78 is 52.2. The molecule has 1 aromatic carbocycles. The highest BCUT2D eigenvalue weighted by Gasteiger charge is 2.33. The summed E-state index contributed by atoms with van der Waals surface area (Å²) in [4.78, 5) is 10.5. The van der Waals surface area contributed by atoms with E-state index < -0.39 is 17.8 Å². The van der Waals surface area contributed by atoms with Crippen molar-refractivity contribution in [3.8, 4) is 5.88 Å². The van der Waals surface area contributed by atoms with Crippen LogP contribution in [0.25, 0.3) is 0 Å². The zero-order valence-electron chi connectivity index (χ0n) is 20.3. The monoisotopic (exact) mass is 493 g/mol. The average molecular weight is 494 g/mol. The van der Waals surface area contributed by atoms with Crippen LogP contribution < -0.4 is 20.3 Å². The van der Waals surface area contributed by atoms with Gasteiger partial charge in [-0.3, -0.25) is 0 Å². The third-order valence-electron chi connectivity index (χ3n) is 6.76. The molecule has 2 heterocycles. The summed E-state index contributed by atoms with van der Waals surface area (Å²) in [6, 6.07) is 7.09. The van der Waals surface area contributed by atoms with Gasteiger partial charge in [0, 0.05) is 37.4 Å². The first kappa shape index (κ1) is 25.5. The van der Waals surface area contributed by atoms with Crippen LogP contribution in [0.4, 0.5) is 30.5 Å². The Morgan fingerprint density at radius 3 is 2.49 bits per heavy atom. The molecule has 35 heavy (non-hydrogen) atoms. The number of anilines is 3. The van der Waals surface area contributed by atoms with Crippen LogP contribution in [0.5, 0.6) is 5.88 Å². The summed E-state index contributed by atoms with van der Waals surface area (Å²) in [6.07, 6.45) is 4.32. The first-order chi connectivity index (χ1) is 16.8. The molecule has 2 aromatic rings. The highest BCUT2D eigenvalue weighted by Crippen LogP contribution is 2.28. The number of ether oxygens (including phenoxy) is 2. The molecular weight excluding hydrogens is 459 g/mol. The molecule has 1 unspecified atom stereocenters. The van der Waals surface area contributed by atoms with Gasteiger partial charge >= 0.3 is 0 Å². The maximum Gasteiger partial charge on any atom is 0.260 e. The molecule has 1 saturated carbocycles. The average Bonchev–Trinajstić information content (AvgIpc) is 2.85. The van der Waals surface area contributed by atoms with Gasteiger partial charge in [0.15, 0.2) is 0 Å². The molecule has 2 aliphatic rings. The van der Waals surface area contributed by atoms with Gasteiger partial charge < -0.3 is 25.0 Å². The Balaban J connectivity index is 1.26. The van der Waals surface area contributed by atoms with Crippen LogP contribution in [0.1, 0.15) is 39.5 Å². The van der Waals surface area contributed by atoms with Crippen molar-refractivity contribution in [1.82, 2.24) is 15.3 Å². The van der Waals surface area contributed by atoms with Gasteiger partial charge in [-0.25, -0.2) is 13.8 Å². The quantitative estimate of drug-likeness (QED) is 0.522. The van der Waals surface area contributed by atoms with E-state index in [2.05, 4.69) is 25.5 Å². The summed E-state index contributed by atoms with van der Waals surface area (Å²) in [7, 11) is 0. The molecule has 1 aliphatic heterocycles. The van der Waals surface area contributed by atoms with E-state index in [1.165, 1.54) is 6.92 Å². The Morgan fingerprint density at radius 1 is 1.14 bits per heavy atom. The van der Waals surface area contributed by atoms with Crippen LogP contribution in [-0.4, -0.2) is 60.9 Å². The second-order valence-electron chi connectivity index (χ2n) is 9.49. The van der Waals surface area contributed by atoms with Gasteiger partial charge in [-0.05, 0) is 62.8 Å². The van der Waals surface area contributed by atoms with Crippen molar-refractivity contribution in [3.05, 3.63) is 36.3 Å². The molecule has 0 amide bonds. The number of benzene rings is 1. The standard InChI is InChI=1S/C25H34F3N5O2/c1-17(25(2,27)28)30-19-5-3-18(4-6-19)16-35-23-22(26)15-29-24(32-23)31-20-7-9-21(10-8-20)33-11-13-34-14-12-33/h7-10,15,17-19,30H,3-6,11-14,16H2,1-2H3,(H,29,31,32). The van der Waals surface area contributed by atoms with Crippen molar-refractivity contribution < 1.29 is 22.6 Å². The van der Waals surface area contributed by atoms with Crippen molar-refractivity contribution in [2.75, 3.05) is 43.1 Å². The van der Waals surface area contributed by atoms with Crippen LogP contribution in [0.3, 0.4) is 0 Å². The van der Waals surface area contributed by atoms with Gasteiger partial charge in [0.25, 0.3) is 11.8 Å². The number of halogens is 3. The lowest BCUT2D eigenvalue weighted by atomic mass is 9.86. The summed E-state index contributed by atoms with van der Waals surface area (Å²) in [5.74, 6) is -2.98. The molecule has 0 radical (unpaired) electrons. The molecule has 1 aromatic heterocycles. The van der Waals surface area contributed by atoms with Crippen LogP contribution >= 0.6 is 0 Å². The maximum atomic E-state index is 14.3. The lowest BCUT2D eigenvalue weighted by molar-refractivity contribution is -0.0180. The molecule has 1 saturated heterocycles. The Kier molecular flexibility index (Phi) is 8.33. The lowest BCUT2D eigenvalue weighted by Gasteiger charge is -2.32. The zero-order valence-corrected chi connectivity index (χ0v) is 20.3. The molecule has 1 atom stereocenters. The van der Waals surface area contributed by atoms with E-state index in [4.69, 9.17) is 9.47 Å². The molecular formula is C25H34F3N5O2. The molecule has 0 spiro atoms. The Bertz CT molecular complexity index is 943. The molecule has 1 aliphatic carbocycles. The van der Waals surface area contributed by atoms with Crippen molar-refractivity contribution >= 4 is 17.3 Å². The Hall–Kier alpha value is -2.59. The highest BCUT2D eigenvalue weighted by molar-refractivity contribution is 5.59. The number of nitrogens with one attached hydrogen (secondary N) is 2. The van der Waals surface area contributed by atoms with Crippen molar-refractivity contribution in [2.45, 2.75) is 57.5 Å². The second-order valence-corrected chi connectivity index (χ2v) is 9.49. The number of aromatic nitrogens is 2. The summed E-state index contributed by atoms with van der Waals surface area (Å²) >= 11 is 0. The molecule has 2 N–H and O–H groups in total. The van der Waals surface area contributed by atoms with E-state index in [9.17, 15) is 13.2 Å². The number of alkyl halides is 2. The fourth-order valence-electron chi connectivity index (χ4n) is 4.41. The van der Waals surface area contributed by atoms with Gasteiger partial charge in [0.05, 0.1) is 32.1 Å². The smallest absolute Gasteiger partial charge is 0.260 e. The van der Waals surface area contributed by atoms with Crippen LogP contribution in [0.15, 0.2) is 30.5 Å². The predicted octanol–water partition coefficient (Wildman–Crippen LogP) is 4.77. The number of nitrogens with zero attached hydrogens (tertiary/aromatic N) is 3. The largest absolute Gasteiger partial charge is 0.475 e. The van der Waals surface area contributed by atoms with Gasteiger partial charge in [0.2, 0.25) is 11.8 Å². The maximum absolute atomic E-state index is 14.3. The number of hydrogen-bond donors (Lipinski definition) is 2. The van der Waals surface area contributed by atoms with Crippen molar-refractivity contribution in [2.24, 2.45) is 5.92 Å². The normalized spacial score (nSPS) is 22.0. The van der Waals surface area contributed by atoms with Crippen LogP contribution in [0, 0.1) is 11.7 Å². The second kappa shape index (κ2) is 11.4. The minimum atomic E-state index is -2.75. The fourth-order valence-corrected chi connectivity index (χ4v) is 4.41. The summed E-state index contributed by atoms with van der Waals surface area (Å²) in [5, 5.41) is 6.12. The van der Waals surface area contributed by atoms with E-state index in [0.717, 1.165) is 76.5 Å².